The number of urea groups is 1. The minimum Gasteiger partial charge on any atom is -0.379 e. The van der Waals surface area contributed by atoms with Crippen LogP contribution in [-0.2, 0) is 44.5 Å². The second kappa shape index (κ2) is 8.23. The first-order valence-corrected chi connectivity index (χ1v) is 12.7. The highest BCUT2D eigenvalue weighted by Crippen LogP contribution is 2.33. The van der Waals surface area contributed by atoms with Crippen molar-refractivity contribution in [3.63, 3.8) is 0 Å². The number of amides is 3. The lowest BCUT2D eigenvalue weighted by molar-refractivity contribution is -0.131. The average molecular weight is 470 g/mol. The van der Waals surface area contributed by atoms with E-state index in [9.17, 15) is 18.0 Å². The molecule has 3 amide bonds. The number of nitrogens with zero attached hydrogens (tertiary/aromatic N) is 2. The first-order valence-electron chi connectivity index (χ1n) is 11.2. The lowest BCUT2D eigenvalue weighted by Crippen LogP contribution is -2.41. The molecule has 0 saturated carbocycles. The predicted octanol–water partition coefficient (Wildman–Crippen LogP) is 2.16. The van der Waals surface area contributed by atoms with E-state index in [0.717, 1.165) is 29.7 Å². The fourth-order valence-corrected chi connectivity index (χ4v) is 6.32. The van der Waals surface area contributed by atoms with Crippen molar-refractivity contribution in [1.82, 2.24) is 14.5 Å². The van der Waals surface area contributed by atoms with Gasteiger partial charge in [-0.05, 0) is 60.6 Å². The van der Waals surface area contributed by atoms with Gasteiger partial charge in [0.15, 0.2) is 0 Å². The molecule has 2 aromatic rings. The molecule has 3 aliphatic rings. The Hall–Kier alpha value is -2.75. The Balaban J connectivity index is 1.38. The first kappa shape index (κ1) is 22.1. The zero-order valence-electron chi connectivity index (χ0n) is 18.5. The average Bonchev–Trinajstić information content (AvgIpc) is 3.38. The van der Waals surface area contributed by atoms with Crippen LogP contribution in [0.15, 0.2) is 47.4 Å². The second-order valence-electron chi connectivity index (χ2n) is 8.95. The molecule has 0 spiro atoms. The first-order chi connectivity index (χ1) is 15.8. The third-order valence-corrected chi connectivity index (χ3v) is 8.69. The number of rotatable bonds is 5. The van der Waals surface area contributed by atoms with Crippen molar-refractivity contribution in [2.75, 3.05) is 26.3 Å². The van der Waals surface area contributed by atoms with E-state index in [1.165, 1.54) is 27.6 Å². The molecular formula is C24H27N3O5S. The highest BCUT2D eigenvalue weighted by atomic mass is 32.2. The molecule has 2 saturated heterocycles. The summed E-state index contributed by atoms with van der Waals surface area (Å²) in [5.74, 6) is -0.341. The largest absolute Gasteiger partial charge is 0.379 e. The number of ether oxygens (including phenoxy) is 1. The molecule has 0 aromatic heterocycles. The molecular weight excluding hydrogens is 442 g/mol. The number of fused-ring (bicyclic) bond motifs is 1. The topological polar surface area (TPSA) is 96.0 Å². The van der Waals surface area contributed by atoms with Gasteiger partial charge in [-0.3, -0.25) is 9.69 Å². The van der Waals surface area contributed by atoms with Crippen molar-refractivity contribution in [3.8, 4) is 0 Å². The summed E-state index contributed by atoms with van der Waals surface area (Å²) < 4.78 is 32.6. The maximum Gasteiger partial charge on any atom is 0.325 e. The van der Waals surface area contributed by atoms with Gasteiger partial charge in [-0.15, -0.1) is 0 Å². The van der Waals surface area contributed by atoms with Crippen LogP contribution < -0.4 is 5.32 Å². The fourth-order valence-electron chi connectivity index (χ4n) is 4.84. The van der Waals surface area contributed by atoms with Crippen LogP contribution in [0.1, 0.15) is 35.6 Å². The number of carbonyl (C=O) groups excluding carboxylic acids is 2. The lowest BCUT2D eigenvalue weighted by atomic mass is 9.89. The number of morpholine rings is 1. The molecule has 9 heteroatoms. The summed E-state index contributed by atoms with van der Waals surface area (Å²) in [7, 11) is -3.67. The van der Waals surface area contributed by atoms with Crippen LogP contribution in [0.25, 0.3) is 0 Å². The summed E-state index contributed by atoms with van der Waals surface area (Å²) in [5.41, 5.74) is 2.73. The molecule has 5 rings (SSSR count). The van der Waals surface area contributed by atoms with Crippen LogP contribution in [0.3, 0.4) is 0 Å². The van der Waals surface area contributed by atoms with Gasteiger partial charge in [-0.25, -0.2) is 13.2 Å². The van der Waals surface area contributed by atoms with Gasteiger partial charge in [-0.2, -0.15) is 4.31 Å². The lowest BCUT2D eigenvalue weighted by Gasteiger charge is -2.26. The van der Waals surface area contributed by atoms with Crippen LogP contribution in [-0.4, -0.2) is 55.9 Å². The third kappa shape index (κ3) is 3.84. The summed E-state index contributed by atoms with van der Waals surface area (Å²) in [6.07, 6.45) is 3.13. The number of benzene rings is 2. The molecule has 1 N–H and O–H groups in total. The van der Waals surface area contributed by atoms with E-state index in [1.54, 1.807) is 19.1 Å². The van der Waals surface area contributed by atoms with Crippen molar-refractivity contribution >= 4 is 22.0 Å². The van der Waals surface area contributed by atoms with Crippen LogP contribution in [0.5, 0.6) is 0 Å². The van der Waals surface area contributed by atoms with Gasteiger partial charge in [0.05, 0.1) is 24.7 Å². The standard InChI is InChI=1S/C24H27N3O5S/c1-24(20-9-8-18-5-3-6-19(18)15-20)22(28)27(23(29)25-24)16-17-4-2-7-21(14-17)33(30,31)26-10-12-32-13-11-26/h2,4,7-9,14-15H,3,5-6,10-13,16H2,1H3,(H,25,29). The quantitative estimate of drug-likeness (QED) is 0.677. The van der Waals surface area contributed by atoms with E-state index in [1.807, 2.05) is 18.2 Å². The van der Waals surface area contributed by atoms with E-state index < -0.39 is 21.6 Å². The molecule has 2 aliphatic heterocycles. The highest BCUT2D eigenvalue weighted by Gasteiger charge is 2.49. The normalized spacial score (nSPS) is 23.6. The Morgan fingerprint density at radius 1 is 1.03 bits per heavy atom. The molecule has 1 unspecified atom stereocenters. The SMILES string of the molecule is CC1(c2ccc3c(c2)CCC3)NC(=O)N(Cc2cccc(S(=O)(=O)N3CCOCC3)c2)C1=O. The Kier molecular flexibility index (Phi) is 5.50. The van der Waals surface area contributed by atoms with Gasteiger partial charge >= 0.3 is 6.03 Å². The van der Waals surface area contributed by atoms with Gasteiger partial charge in [0, 0.05) is 13.1 Å². The minimum absolute atomic E-state index is 0.00231. The summed E-state index contributed by atoms with van der Waals surface area (Å²) in [6, 6.07) is 12.0. The number of nitrogens with one attached hydrogen (secondary N) is 1. The Morgan fingerprint density at radius 2 is 1.79 bits per heavy atom. The molecule has 2 heterocycles. The minimum atomic E-state index is -3.67. The van der Waals surface area contributed by atoms with Crippen molar-refractivity contribution in [2.24, 2.45) is 0 Å². The monoisotopic (exact) mass is 469 g/mol. The van der Waals surface area contributed by atoms with E-state index in [2.05, 4.69) is 5.32 Å². The smallest absolute Gasteiger partial charge is 0.325 e. The maximum absolute atomic E-state index is 13.4. The highest BCUT2D eigenvalue weighted by molar-refractivity contribution is 7.89. The zero-order chi connectivity index (χ0) is 23.2. The number of aryl methyl sites for hydroxylation is 2. The molecule has 33 heavy (non-hydrogen) atoms. The molecule has 2 fully saturated rings. The van der Waals surface area contributed by atoms with Crippen molar-refractivity contribution in [2.45, 2.75) is 43.2 Å². The summed E-state index contributed by atoms with van der Waals surface area (Å²) in [5, 5.41) is 2.85. The predicted molar refractivity (Wildman–Crippen MR) is 121 cm³/mol. The molecule has 1 atom stereocenters. The molecule has 0 radical (unpaired) electrons. The van der Waals surface area contributed by atoms with E-state index in [0.29, 0.717) is 31.9 Å². The van der Waals surface area contributed by atoms with Gasteiger partial charge in [0.1, 0.15) is 5.54 Å². The van der Waals surface area contributed by atoms with E-state index in [4.69, 9.17) is 4.74 Å². The summed E-state index contributed by atoms with van der Waals surface area (Å²) in [4.78, 5) is 27.5. The number of sulfonamides is 1. The van der Waals surface area contributed by atoms with Gasteiger partial charge in [-0.1, -0.05) is 30.3 Å². The number of carbonyl (C=O) groups is 2. The Bertz CT molecular complexity index is 1220. The fraction of sp³-hybridized carbons (Fsp3) is 0.417. The summed E-state index contributed by atoms with van der Waals surface area (Å²) in [6.45, 7) is 3.06. The molecule has 174 valence electrons. The van der Waals surface area contributed by atoms with Crippen molar-refractivity contribution in [3.05, 3.63) is 64.7 Å². The second-order valence-corrected chi connectivity index (χ2v) is 10.9. The Labute approximate surface area is 193 Å². The maximum atomic E-state index is 13.4. The Morgan fingerprint density at radius 3 is 2.58 bits per heavy atom. The number of imide groups is 1. The van der Waals surface area contributed by atoms with Crippen LogP contribution >= 0.6 is 0 Å². The molecule has 1 aliphatic carbocycles. The molecule has 8 nitrogen and oxygen atoms in total. The van der Waals surface area contributed by atoms with Crippen LogP contribution in [0.2, 0.25) is 0 Å². The molecule has 2 aromatic carbocycles. The van der Waals surface area contributed by atoms with Gasteiger partial charge in [0.25, 0.3) is 5.91 Å². The number of hydrogen-bond acceptors (Lipinski definition) is 5. The van der Waals surface area contributed by atoms with Gasteiger partial charge < -0.3 is 10.1 Å². The third-order valence-electron chi connectivity index (χ3n) is 6.80. The van der Waals surface area contributed by atoms with Crippen molar-refractivity contribution in [1.29, 1.82) is 0 Å². The van der Waals surface area contributed by atoms with Crippen molar-refractivity contribution < 1.29 is 22.7 Å². The zero-order valence-corrected chi connectivity index (χ0v) is 19.4. The molecule has 0 bridgehead atoms. The van der Waals surface area contributed by atoms with Crippen LogP contribution in [0, 0.1) is 0 Å². The van der Waals surface area contributed by atoms with E-state index >= 15 is 0 Å². The van der Waals surface area contributed by atoms with Crippen LogP contribution in [0.4, 0.5) is 4.79 Å². The number of hydrogen-bond donors (Lipinski definition) is 1. The van der Waals surface area contributed by atoms with E-state index in [-0.39, 0.29) is 17.3 Å². The summed E-state index contributed by atoms with van der Waals surface area (Å²) >= 11 is 0. The van der Waals surface area contributed by atoms with Gasteiger partial charge in [0.2, 0.25) is 10.0 Å².